The van der Waals surface area contributed by atoms with E-state index in [9.17, 15) is 18.4 Å². The minimum absolute atomic E-state index is 0.154. The fourth-order valence-corrected chi connectivity index (χ4v) is 3.81. The molecule has 1 aromatic heterocycles. The highest BCUT2D eigenvalue weighted by molar-refractivity contribution is 7.88. The minimum atomic E-state index is -3.45. The zero-order chi connectivity index (χ0) is 18.4. The van der Waals surface area contributed by atoms with Gasteiger partial charge in [0.2, 0.25) is 10.0 Å². The molecule has 0 aliphatic heterocycles. The van der Waals surface area contributed by atoms with Crippen LogP contribution in [0.2, 0.25) is 0 Å². The molecule has 0 saturated carbocycles. The summed E-state index contributed by atoms with van der Waals surface area (Å²) in [6.07, 6.45) is 2.49. The summed E-state index contributed by atoms with van der Waals surface area (Å²) in [7, 11) is -3.45. The summed E-state index contributed by atoms with van der Waals surface area (Å²) in [4.78, 5) is 12.1. The van der Waals surface area contributed by atoms with Crippen LogP contribution in [0.15, 0.2) is 48.8 Å². The first-order valence-corrected chi connectivity index (χ1v) is 9.46. The number of carbonyl (C=O) groups is 1. The van der Waals surface area contributed by atoms with Gasteiger partial charge in [0.25, 0.3) is 5.91 Å². The number of nitrogens with one attached hydrogen (secondary N) is 2. The Hall–Kier alpha value is -2.45. The van der Waals surface area contributed by atoms with Gasteiger partial charge in [-0.2, -0.15) is 4.73 Å². The number of sulfonamides is 1. The second-order valence-corrected chi connectivity index (χ2v) is 7.68. The van der Waals surface area contributed by atoms with Crippen LogP contribution in [0.1, 0.15) is 35.3 Å². The monoisotopic (exact) mass is 363 g/mol. The van der Waals surface area contributed by atoms with Crippen LogP contribution >= 0.6 is 0 Å². The standard InChI is InChI=1S/C17H21N3O4S/c1-13(2)19-25(23,24)12-16-6-4-3-5-15(16)11-18-17(21)14-7-9-20(22)10-8-14/h3-10,13,19H,11-12H2,1-2H3,(H,18,21). The molecule has 0 spiro atoms. The number of hydrogen-bond acceptors (Lipinski definition) is 4. The molecule has 1 amide bonds. The van der Waals surface area contributed by atoms with Crippen molar-refractivity contribution in [2.45, 2.75) is 32.2 Å². The molecule has 0 unspecified atom stereocenters. The summed E-state index contributed by atoms with van der Waals surface area (Å²) in [6, 6.07) is 9.71. The number of aromatic nitrogens is 1. The highest BCUT2D eigenvalue weighted by Crippen LogP contribution is 2.13. The van der Waals surface area contributed by atoms with Crippen molar-refractivity contribution in [3.8, 4) is 0 Å². The molecule has 2 aromatic rings. The molecule has 0 aliphatic carbocycles. The number of amides is 1. The van der Waals surface area contributed by atoms with E-state index < -0.39 is 10.0 Å². The van der Waals surface area contributed by atoms with Crippen molar-refractivity contribution in [1.29, 1.82) is 0 Å². The molecule has 1 aromatic carbocycles. The van der Waals surface area contributed by atoms with E-state index in [2.05, 4.69) is 10.0 Å². The van der Waals surface area contributed by atoms with Crippen LogP contribution in [-0.4, -0.2) is 20.4 Å². The molecule has 0 fully saturated rings. The van der Waals surface area contributed by atoms with Gasteiger partial charge in [0.1, 0.15) is 0 Å². The summed E-state index contributed by atoms with van der Waals surface area (Å²) in [5.74, 6) is -0.489. The average Bonchev–Trinajstić information content (AvgIpc) is 2.52. The SMILES string of the molecule is CC(C)NS(=O)(=O)Cc1ccccc1CNC(=O)c1cc[n+]([O-])cc1. The predicted molar refractivity (Wildman–Crippen MR) is 93.9 cm³/mol. The molecule has 134 valence electrons. The molecule has 0 atom stereocenters. The Bertz CT molecular complexity index is 833. The van der Waals surface area contributed by atoms with Gasteiger partial charge >= 0.3 is 0 Å². The van der Waals surface area contributed by atoms with Crippen molar-refractivity contribution in [3.05, 3.63) is 70.7 Å². The van der Waals surface area contributed by atoms with Gasteiger partial charge in [-0.25, -0.2) is 13.1 Å². The Morgan fingerprint density at radius 1 is 1.12 bits per heavy atom. The molecular weight excluding hydrogens is 342 g/mol. The lowest BCUT2D eigenvalue weighted by Crippen LogP contribution is -2.32. The van der Waals surface area contributed by atoms with Crippen molar-refractivity contribution < 1.29 is 17.9 Å². The van der Waals surface area contributed by atoms with Crippen LogP contribution in [0.3, 0.4) is 0 Å². The lowest BCUT2D eigenvalue weighted by atomic mass is 10.1. The third-order valence-electron chi connectivity index (χ3n) is 3.38. The zero-order valence-electron chi connectivity index (χ0n) is 14.1. The highest BCUT2D eigenvalue weighted by atomic mass is 32.2. The van der Waals surface area contributed by atoms with E-state index in [4.69, 9.17) is 0 Å². The van der Waals surface area contributed by atoms with Crippen LogP contribution in [0.25, 0.3) is 0 Å². The molecule has 0 bridgehead atoms. The second kappa shape index (κ2) is 8.09. The van der Waals surface area contributed by atoms with Crippen molar-refractivity contribution in [2.24, 2.45) is 0 Å². The van der Waals surface area contributed by atoms with E-state index in [-0.39, 0.29) is 24.2 Å². The first-order chi connectivity index (χ1) is 11.8. The second-order valence-electron chi connectivity index (χ2n) is 5.93. The van der Waals surface area contributed by atoms with Gasteiger partial charge < -0.3 is 10.5 Å². The normalized spacial score (nSPS) is 11.5. The van der Waals surface area contributed by atoms with Gasteiger partial charge in [-0.05, 0) is 25.0 Å². The van der Waals surface area contributed by atoms with Crippen molar-refractivity contribution in [1.82, 2.24) is 10.0 Å². The number of carbonyl (C=O) groups excluding carboxylic acids is 1. The Labute approximate surface area is 147 Å². The third-order valence-corrected chi connectivity index (χ3v) is 4.90. The number of benzene rings is 1. The van der Waals surface area contributed by atoms with Gasteiger partial charge in [-0.1, -0.05) is 24.3 Å². The van der Waals surface area contributed by atoms with Crippen LogP contribution in [0.4, 0.5) is 0 Å². The topological polar surface area (TPSA) is 102 Å². The first-order valence-electron chi connectivity index (χ1n) is 7.80. The molecule has 8 heteroatoms. The Balaban J connectivity index is 2.08. The Morgan fingerprint density at radius 3 is 2.32 bits per heavy atom. The van der Waals surface area contributed by atoms with Crippen molar-refractivity contribution >= 4 is 15.9 Å². The number of rotatable bonds is 7. The largest absolute Gasteiger partial charge is 0.619 e. The summed E-state index contributed by atoms with van der Waals surface area (Å²) in [5, 5.41) is 13.7. The summed E-state index contributed by atoms with van der Waals surface area (Å²) in [6.45, 7) is 3.71. The quantitative estimate of drug-likeness (QED) is 0.567. The fraction of sp³-hybridized carbons (Fsp3) is 0.294. The molecule has 0 saturated heterocycles. The van der Waals surface area contributed by atoms with Crippen LogP contribution in [0, 0.1) is 5.21 Å². The molecule has 0 aliphatic rings. The molecular formula is C17H21N3O4S. The summed E-state index contributed by atoms with van der Waals surface area (Å²) in [5.41, 5.74) is 1.71. The molecule has 7 nitrogen and oxygen atoms in total. The first kappa shape index (κ1) is 18.9. The van der Waals surface area contributed by atoms with Crippen molar-refractivity contribution in [2.75, 3.05) is 0 Å². The maximum Gasteiger partial charge on any atom is 0.252 e. The highest BCUT2D eigenvalue weighted by Gasteiger charge is 2.16. The maximum atomic E-state index is 12.1. The van der Waals surface area contributed by atoms with Crippen LogP contribution < -0.4 is 14.8 Å². The molecule has 25 heavy (non-hydrogen) atoms. The van der Waals surface area contributed by atoms with Gasteiger partial charge in [0, 0.05) is 24.7 Å². The van der Waals surface area contributed by atoms with Gasteiger partial charge in [0.15, 0.2) is 12.4 Å². The number of nitrogens with zero attached hydrogens (tertiary/aromatic N) is 1. The zero-order valence-corrected chi connectivity index (χ0v) is 14.9. The molecule has 2 N–H and O–H groups in total. The van der Waals surface area contributed by atoms with E-state index in [0.717, 1.165) is 5.56 Å². The molecule has 2 rings (SSSR count). The number of hydrogen-bond donors (Lipinski definition) is 2. The molecule has 1 heterocycles. The maximum absolute atomic E-state index is 12.1. The lowest BCUT2D eigenvalue weighted by molar-refractivity contribution is -0.605. The van der Waals surface area contributed by atoms with Gasteiger partial charge in [-0.3, -0.25) is 4.79 Å². The third kappa shape index (κ3) is 5.84. The number of pyridine rings is 1. The molecule has 0 radical (unpaired) electrons. The van der Waals surface area contributed by atoms with Crippen LogP contribution in [-0.2, 0) is 22.3 Å². The van der Waals surface area contributed by atoms with Gasteiger partial charge in [-0.15, -0.1) is 0 Å². The van der Waals surface area contributed by atoms with Crippen LogP contribution in [0.5, 0.6) is 0 Å². The predicted octanol–water partition coefficient (Wildman–Crippen LogP) is 1.08. The Kier molecular flexibility index (Phi) is 6.11. The summed E-state index contributed by atoms with van der Waals surface area (Å²) >= 11 is 0. The van der Waals surface area contributed by atoms with E-state index in [1.165, 1.54) is 24.5 Å². The van der Waals surface area contributed by atoms with E-state index in [0.29, 0.717) is 15.9 Å². The van der Waals surface area contributed by atoms with E-state index in [1.54, 1.807) is 38.1 Å². The van der Waals surface area contributed by atoms with Crippen molar-refractivity contribution in [3.63, 3.8) is 0 Å². The van der Waals surface area contributed by atoms with E-state index in [1.807, 2.05) is 0 Å². The van der Waals surface area contributed by atoms with Gasteiger partial charge in [0.05, 0.1) is 11.3 Å². The lowest BCUT2D eigenvalue weighted by Gasteiger charge is -2.13. The average molecular weight is 363 g/mol. The smallest absolute Gasteiger partial charge is 0.252 e. The minimum Gasteiger partial charge on any atom is -0.619 e. The fourth-order valence-electron chi connectivity index (χ4n) is 2.32. The van der Waals surface area contributed by atoms with E-state index >= 15 is 0 Å². The summed E-state index contributed by atoms with van der Waals surface area (Å²) < 4.78 is 27.4. The Morgan fingerprint density at radius 2 is 1.72 bits per heavy atom.